The predicted molar refractivity (Wildman–Crippen MR) is 270 cm³/mol. The highest BCUT2D eigenvalue weighted by Crippen LogP contribution is 2.43. The van der Waals surface area contributed by atoms with Gasteiger partial charge in [-0.25, -0.2) is 0 Å². The molecule has 2 aromatic heterocycles. The largest absolute Gasteiger partial charge is 0.309 e. The fraction of sp³-hybridized carbons (Fsp3) is 0. The van der Waals surface area contributed by atoms with Crippen molar-refractivity contribution in [2.24, 2.45) is 0 Å². The third kappa shape index (κ3) is 5.85. The molecule has 0 bridgehead atoms. The molecular formula is C60H42N2Si. The van der Waals surface area contributed by atoms with E-state index in [2.05, 4.69) is 264 Å². The maximum atomic E-state index is 2.50. The number of hydrogen-bond donors (Lipinski definition) is 0. The quantitative estimate of drug-likeness (QED) is 0.107. The van der Waals surface area contributed by atoms with Crippen molar-refractivity contribution < 1.29 is 0 Å². The van der Waals surface area contributed by atoms with Crippen LogP contribution in [-0.4, -0.2) is 17.2 Å². The molecule has 0 N–H and O–H groups in total. The van der Waals surface area contributed by atoms with E-state index in [1.54, 1.807) is 0 Å². The molecule has 0 aliphatic rings. The first kappa shape index (κ1) is 36.8. The van der Waals surface area contributed by atoms with E-state index in [0.717, 1.165) is 5.69 Å². The number of nitrogens with zero attached hydrogens (tertiary/aromatic N) is 2. The summed E-state index contributed by atoms with van der Waals surface area (Å²) in [6.07, 6.45) is 0. The van der Waals surface area contributed by atoms with Crippen molar-refractivity contribution in [2.45, 2.75) is 0 Å². The van der Waals surface area contributed by atoms with Crippen LogP contribution in [0.4, 0.5) is 0 Å². The smallest absolute Gasteiger partial charge is 0.179 e. The first-order valence-electron chi connectivity index (χ1n) is 21.8. The molecule has 3 heteroatoms. The number of rotatable bonds is 8. The van der Waals surface area contributed by atoms with E-state index >= 15 is 0 Å². The Balaban J connectivity index is 1.06. The van der Waals surface area contributed by atoms with Gasteiger partial charge in [-0.1, -0.05) is 206 Å². The third-order valence-electron chi connectivity index (χ3n) is 13.1. The lowest BCUT2D eigenvalue weighted by Crippen LogP contribution is -2.74. The Bertz CT molecular complexity index is 3490. The Morgan fingerprint density at radius 2 is 0.698 bits per heavy atom. The van der Waals surface area contributed by atoms with Gasteiger partial charge in [-0.15, -0.1) is 0 Å². The molecule has 63 heavy (non-hydrogen) atoms. The number of benzene rings is 10. The van der Waals surface area contributed by atoms with Crippen LogP contribution in [-0.2, 0) is 0 Å². The van der Waals surface area contributed by atoms with E-state index in [-0.39, 0.29) is 0 Å². The van der Waals surface area contributed by atoms with Crippen LogP contribution in [0.3, 0.4) is 0 Å². The number of fused-ring (bicyclic) bond motifs is 6. The van der Waals surface area contributed by atoms with Crippen molar-refractivity contribution in [3.63, 3.8) is 0 Å². The maximum absolute atomic E-state index is 2.68. The summed E-state index contributed by atoms with van der Waals surface area (Å²) >= 11 is 0. The van der Waals surface area contributed by atoms with E-state index in [0.29, 0.717) is 0 Å². The van der Waals surface area contributed by atoms with E-state index in [4.69, 9.17) is 0 Å². The van der Waals surface area contributed by atoms with Gasteiger partial charge in [0.2, 0.25) is 0 Å². The zero-order chi connectivity index (χ0) is 41.7. The van der Waals surface area contributed by atoms with E-state index < -0.39 is 8.07 Å². The summed E-state index contributed by atoms with van der Waals surface area (Å²) in [6.45, 7) is 0. The van der Waals surface area contributed by atoms with Crippen LogP contribution in [0.15, 0.2) is 255 Å². The molecule has 0 unspecified atom stereocenters. The third-order valence-corrected chi connectivity index (χ3v) is 17.9. The molecule has 0 radical (unpaired) electrons. The highest BCUT2D eigenvalue weighted by atomic mass is 28.3. The Hall–Kier alpha value is -7.98. The summed E-state index contributed by atoms with van der Waals surface area (Å²) in [7, 11) is -2.68. The zero-order valence-electron chi connectivity index (χ0n) is 34.6. The van der Waals surface area contributed by atoms with Crippen LogP contribution in [0, 0.1) is 0 Å². The van der Waals surface area contributed by atoms with Crippen molar-refractivity contribution in [1.29, 1.82) is 0 Å². The van der Waals surface area contributed by atoms with Gasteiger partial charge < -0.3 is 9.13 Å². The van der Waals surface area contributed by atoms with Gasteiger partial charge in [0.15, 0.2) is 8.07 Å². The molecule has 12 rings (SSSR count). The summed E-state index contributed by atoms with van der Waals surface area (Å²) in [6, 6.07) is 94.0. The van der Waals surface area contributed by atoms with Crippen LogP contribution >= 0.6 is 0 Å². The fourth-order valence-electron chi connectivity index (χ4n) is 10.4. The Labute approximate surface area is 368 Å². The lowest BCUT2D eigenvalue weighted by molar-refractivity contribution is 1.17. The molecule has 0 amide bonds. The van der Waals surface area contributed by atoms with Crippen molar-refractivity contribution in [3.8, 4) is 33.6 Å². The summed E-state index contributed by atoms with van der Waals surface area (Å²) in [5.74, 6) is 0. The SMILES string of the molecule is c1ccc(-c2cccc(-c3cccc4c3c3ccccc3n4-c3cccc4c3c3ccccc3n4-c3ccc([Si](c4ccccc4)(c4ccccc4)c4ccccc4)cc3)c2)cc1. The minimum atomic E-state index is -2.68. The average molecular weight is 819 g/mol. The predicted octanol–water partition coefficient (Wildman–Crippen LogP) is 12.6. The summed E-state index contributed by atoms with van der Waals surface area (Å²) < 4.78 is 4.96. The minimum absolute atomic E-state index is 1.14. The zero-order valence-corrected chi connectivity index (χ0v) is 35.6. The highest BCUT2D eigenvalue weighted by Gasteiger charge is 2.41. The average Bonchev–Trinajstić information content (AvgIpc) is 3.89. The Kier molecular flexibility index (Phi) is 8.87. The van der Waals surface area contributed by atoms with Crippen LogP contribution in [0.25, 0.3) is 77.2 Å². The van der Waals surface area contributed by atoms with E-state index in [1.165, 1.54) is 92.3 Å². The normalized spacial score (nSPS) is 11.8. The lowest BCUT2D eigenvalue weighted by Gasteiger charge is -2.34. The Morgan fingerprint density at radius 3 is 1.32 bits per heavy atom. The molecule has 10 aromatic carbocycles. The molecule has 296 valence electrons. The summed E-state index contributed by atoms with van der Waals surface area (Å²) in [4.78, 5) is 0. The topological polar surface area (TPSA) is 9.86 Å². The molecule has 0 saturated heterocycles. The van der Waals surface area contributed by atoms with E-state index in [9.17, 15) is 0 Å². The fourth-order valence-corrected chi connectivity index (χ4v) is 15.2. The van der Waals surface area contributed by atoms with Crippen molar-refractivity contribution >= 4 is 72.4 Å². The van der Waals surface area contributed by atoms with Gasteiger partial charge in [0.1, 0.15) is 0 Å². The van der Waals surface area contributed by atoms with Gasteiger partial charge >= 0.3 is 0 Å². The molecule has 12 aromatic rings. The monoisotopic (exact) mass is 818 g/mol. The Morgan fingerprint density at radius 1 is 0.270 bits per heavy atom. The maximum Gasteiger partial charge on any atom is 0.179 e. The molecule has 2 nitrogen and oxygen atoms in total. The van der Waals surface area contributed by atoms with Crippen molar-refractivity contribution in [2.75, 3.05) is 0 Å². The lowest BCUT2D eigenvalue weighted by atomic mass is 9.96. The van der Waals surface area contributed by atoms with Crippen LogP contribution in [0.1, 0.15) is 0 Å². The van der Waals surface area contributed by atoms with E-state index in [1.807, 2.05) is 0 Å². The molecular weight excluding hydrogens is 777 g/mol. The van der Waals surface area contributed by atoms with Gasteiger partial charge in [-0.2, -0.15) is 0 Å². The second kappa shape index (κ2) is 15.2. The first-order chi connectivity index (χ1) is 31.3. The molecule has 0 aliphatic carbocycles. The van der Waals surface area contributed by atoms with Gasteiger partial charge in [-0.3, -0.25) is 0 Å². The van der Waals surface area contributed by atoms with Gasteiger partial charge in [0.25, 0.3) is 0 Å². The molecule has 0 atom stereocenters. The van der Waals surface area contributed by atoms with Crippen LogP contribution in [0.2, 0.25) is 0 Å². The number of aromatic nitrogens is 2. The number of hydrogen-bond acceptors (Lipinski definition) is 0. The molecule has 0 aliphatic heterocycles. The summed E-state index contributed by atoms with van der Waals surface area (Å²) in [5.41, 5.74) is 11.9. The second-order valence-corrected chi connectivity index (χ2v) is 20.2. The van der Waals surface area contributed by atoms with Crippen molar-refractivity contribution in [3.05, 3.63) is 255 Å². The van der Waals surface area contributed by atoms with Crippen LogP contribution < -0.4 is 20.7 Å². The van der Waals surface area contributed by atoms with Gasteiger partial charge in [0.05, 0.1) is 27.8 Å². The van der Waals surface area contributed by atoms with Crippen molar-refractivity contribution in [1.82, 2.24) is 9.13 Å². The molecule has 0 fully saturated rings. The molecule has 0 spiro atoms. The van der Waals surface area contributed by atoms with Gasteiger partial charge in [0, 0.05) is 27.2 Å². The van der Waals surface area contributed by atoms with Crippen LogP contribution in [0.5, 0.6) is 0 Å². The minimum Gasteiger partial charge on any atom is -0.309 e. The molecule has 2 heterocycles. The highest BCUT2D eigenvalue weighted by molar-refractivity contribution is 7.19. The standard InChI is InChI=1S/C60H42N2Si/c1-5-20-43(21-6-1)44-22-17-23-45(42-44)51-32-18-35-56-59(51)52-30-13-16-34-55(52)62(56)58-37-19-36-57-60(58)53-31-14-15-33-54(53)61(57)46-38-40-50(41-39-46)63(47-24-7-2-8-25-47,48-26-9-3-10-27-48)49-28-11-4-12-29-49/h1-42H. The number of para-hydroxylation sites is 2. The summed E-state index contributed by atoms with van der Waals surface area (Å²) in [5, 5.41) is 10.4. The first-order valence-corrected chi connectivity index (χ1v) is 23.8. The van der Waals surface area contributed by atoms with Gasteiger partial charge in [-0.05, 0) is 91.5 Å². The molecule has 0 saturated carbocycles. The second-order valence-electron chi connectivity index (χ2n) is 16.4.